The predicted molar refractivity (Wildman–Crippen MR) is 81.9 cm³/mol. The summed E-state index contributed by atoms with van der Waals surface area (Å²) < 4.78 is 5.54. The highest BCUT2D eigenvalue weighted by atomic mass is 16.5. The highest BCUT2D eigenvalue weighted by Gasteiger charge is 2.35. The van der Waals surface area contributed by atoms with Crippen LogP contribution in [0.3, 0.4) is 0 Å². The second-order valence-corrected chi connectivity index (χ2v) is 5.53. The molecule has 0 saturated heterocycles. The standard InChI is InChI=1S/C16H22N2O2/c1-5-20-12-6-7-14-13(8-12)11(2)9-16(3,4)18(14)15(19)10-17/h6-9H,5,10,17H2,1-4H3. The van der Waals surface area contributed by atoms with E-state index in [1.54, 1.807) is 4.90 Å². The molecule has 1 amide bonds. The average Bonchev–Trinajstić information content (AvgIpc) is 2.38. The van der Waals surface area contributed by atoms with Crippen molar-refractivity contribution >= 4 is 17.2 Å². The molecule has 0 saturated carbocycles. The zero-order valence-corrected chi connectivity index (χ0v) is 12.6. The first-order chi connectivity index (χ1) is 9.40. The molecule has 0 spiro atoms. The number of rotatable bonds is 3. The average molecular weight is 274 g/mol. The summed E-state index contributed by atoms with van der Waals surface area (Å²) in [5.41, 5.74) is 8.25. The van der Waals surface area contributed by atoms with Crippen LogP contribution in [-0.2, 0) is 4.79 Å². The van der Waals surface area contributed by atoms with Crippen molar-refractivity contribution in [2.45, 2.75) is 33.2 Å². The van der Waals surface area contributed by atoms with Crippen molar-refractivity contribution in [2.24, 2.45) is 5.73 Å². The molecule has 0 aromatic heterocycles. The van der Waals surface area contributed by atoms with Gasteiger partial charge in [-0.3, -0.25) is 4.79 Å². The predicted octanol–water partition coefficient (Wildman–Crippen LogP) is 2.57. The lowest BCUT2D eigenvalue weighted by atomic mass is 9.88. The van der Waals surface area contributed by atoms with E-state index in [1.807, 2.05) is 39.0 Å². The van der Waals surface area contributed by atoms with Crippen LogP contribution in [0.4, 0.5) is 5.69 Å². The lowest BCUT2D eigenvalue weighted by Gasteiger charge is -2.41. The van der Waals surface area contributed by atoms with Crippen LogP contribution in [0, 0.1) is 0 Å². The van der Waals surface area contributed by atoms with E-state index in [2.05, 4.69) is 13.0 Å². The first kappa shape index (κ1) is 14.6. The molecule has 0 radical (unpaired) electrons. The van der Waals surface area contributed by atoms with Crippen molar-refractivity contribution in [3.05, 3.63) is 29.8 Å². The van der Waals surface area contributed by atoms with Gasteiger partial charge in [-0.15, -0.1) is 0 Å². The molecule has 1 aromatic carbocycles. The molecule has 2 rings (SSSR count). The fraction of sp³-hybridized carbons (Fsp3) is 0.438. The molecule has 2 N–H and O–H groups in total. The van der Waals surface area contributed by atoms with Gasteiger partial charge in [0.25, 0.3) is 0 Å². The fourth-order valence-electron chi connectivity index (χ4n) is 2.81. The summed E-state index contributed by atoms with van der Waals surface area (Å²) in [5.74, 6) is 0.739. The minimum atomic E-state index is -0.374. The summed E-state index contributed by atoms with van der Waals surface area (Å²) in [4.78, 5) is 14.0. The van der Waals surface area contributed by atoms with Gasteiger partial charge in [-0.25, -0.2) is 0 Å². The van der Waals surface area contributed by atoms with Crippen LogP contribution >= 0.6 is 0 Å². The first-order valence-electron chi connectivity index (χ1n) is 6.90. The van der Waals surface area contributed by atoms with Crippen LogP contribution in [0.25, 0.3) is 5.57 Å². The smallest absolute Gasteiger partial charge is 0.241 e. The molecule has 0 aliphatic carbocycles. The minimum Gasteiger partial charge on any atom is -0.494 e. The number of ether oxygens (including phenoxy) is 1. The van der Waals surface area contributed by atoms with E-state index in [-0.39, 0.29) is 18.0 Å². The Labute approximate surface area is 120 Å². The fourth-order valence-corrected chi connectivity index (χ4v) is 2.81. The molecule has 1 aliphatic rings. The van der Waals surface area contributed by atoms with E-state index >= 15 is 0 Å². The summed E-state index contributed by atoms with van der Waals surface area (Å²) in [6.45, 7) is 8.67. The molecule has 0 unspecified atom stereocenters. The Morgan fingerprint density at radius 1 is 1.40 bits per heavy atom. The zero-order chi connectivity index (χ0) is 14.9. The summed E-state index contributed by atoms with van der Waals surface area (Å²) in [6.07, 6.45) is 2.10. The van der Waals surface area contributed by atoms with Crippen LogP contribution in [0.5, 0.6) is 5.75 Å². The third-order valence-corrected chi connectivity index (χ3v) is 3.51. The molecule has 1 aromatic rings. The molecule has 0 atom stereocenters. The molecule has 0 bridgehead atoms. The highest BCUT2D eigenvalue weighted by Crippen LogP contribution is 2.40. The number of fused-ring (bicyclic) bond motifs is 1. The summed E-state index contributed by atoms with van der Waals surface area (Å²) in [5, 5.41) is 0. The molecule has 1 heterocycles. The third-order valence-electron chi connectivity index (χ3n) is 3.51. The maximum atomic E-state index is 12.2. The van der Waals surface area contributed by atoms with Crippen LogP contribution in [0.2, 0.25) is 0 Å². The number of hydrogen-bond acceptors (Lipinski definition) is 3. The van der Waals surface area contributed by atoms with Crippen molar-refractivity contribution in [2.75, 3.05) is 18.1 Å². The van der Waals surface area contributed by atoms with Crippen LogP contribution in [-0.4, -0.2) is 24.6 Å². The van der Waals surface area contributed by atoms with Gasteiger partial charge in [0.05, 0.1) is 24.4 Å². The van der Waals surface area contributed by atoms with Crippen molar-refractivity contribution in [1.82, 2.24) is 0 Å². The monoisotopic (exact) mass is 274 g/mol. The Morgan fingerprint density at radius 3 is 2.70 bits per heavy atom. The number of nitrogens with two attached hydrogens (primary N) is 1. The number of carbonyl (C=O) groups excluding carboxylic acids is 1. The Hall–Kier alpha value is -1.81. The molecule has 4 nitrogen and oxygen atoms in total. The summed E-state index contributed by atoms with van der Waals surface area (Å²) >= 11 is 0. The number of amides is 1. The Morgan fingerprint density at radius 2 is 2.10 bits per heavy atom. The SMILES string of the molecule is CCOc1ccc2c(c1)C(C)=CC(C)(C)N2C(=O)CN. The highest BCUT2D eigenvalue weighted by molar-refractivity contribution is 6.01. The van der Waals surface area contributed by atoms with E-state index in [4.69, 9.17) is 10.5 Å². The Bertz CT molecular complexity index is 562. The Kier molecular flexibility index (Phi) is 3.86. The van der Waals surface area contributed by atoms with Crippen LogP contribution < -0.4 is 15.4 Å². The normalized spacial score (nSPS) is 16.4. The zero-order valence-electron chi connectivity index (χ0n) is 12.6. The second kappa shape index (κ2) is 5.29. The molecule has 4 heteroatoms. The number of nitrogens with zero attached hydrogens (tertiary/aromatic N) is 1. The van der Waals surface area contributed by atoms with Gasteiger partial charge in [-0.2, -0.15) is 0 Å². The van der Waals surface area contributed by atoms with Gasteiger partial charge < -0.3 is 15.4 Å². The second-order valence-electron chi connectivity index (χ2n) is 5.53. The molecule has 1 aliphatic heterocycles. The van der Waals surface area contributed by atoms with Gasteiger partial charge in [0.2, 0.25) is 5.91 Å². The molecule has 0 fully saturated rings. The molecule has 108 valence electrons. The van der Waals surface area contributed by atoms with Gasteiger partial charge >= 0.3 is 0 Å². The quantitative estimate of drug-likeness (QED) is 0.921. The molecular formula is C16H22N2O2. The first-order valence-corrected chi connectivity index (χ1v) is 6.90. The van der Waals surface area contributed by atoms with Crippen molar-refractivity contribution in [3.63, 3.8) is 0 Å². The van der Waals surface area contributed by atoms with Gasteiger partial charge in [-0.1, -0.05) is 6.08 Å². The van der Waals surface area contributed by atoms with Crippen LogP contribution in [0.1, 0.15) is 33.3 Å². The minimum absolute atomic E-state index is 0.00295. The topological polar surface area (TPSA) is 55.6 Å². The number of carbonyl (C=O) groups is 1. The number of hydrogen-bond donors (Lipinski definition) is 1. The lowest BCUT2D eigenvalue weighted by Crippen LogP contribution is -2.51. The molecule has 20 heavy (non-hydrogen) atoms. The maximum Gasteiger partial charge on any atom is 0.241 e. The third kappa shape index (κ3) is 2.43. The van der Waals surface area contributed by atoms with E-state index in [1.165, 1.54) is 0 Å². The number of allylic oxidation sites excluding steroid dienone is 1. The van der Waals surface area contributed by atoms with Gasteiger partial charge in [0.15, 0.2) is 0 Å². The van der Waals surface area contributed by atoms with E-state index in [0.717, 1.165) is 22.6 Å². The van der Waals surface area contributed by atoms with Gasteiger partial charge in [0, 0.05) is 5.56 Å². The summed E-state index contributed by atoms with van der Waals surface area (Å²) in [6, 6.07) is 5.82. The van der Waals surface area contributed by atoms with E-state index < -0.39 is 0 Å². The van der Waals surface area contributed by atoms with Crippen molar-refractivity contribution in [3.8, 4) is 5.75 Å². The summed E-state index contributed by atoms with van der Waals surface area (Å²) in [7, 11) is 0. The van der Waals surface area contributed by atoms with Crippen molar-refractivity contribution in [1.29, 1.82) is 0 Å². The lowest BCUT2D eigenvalue weighted by molar-refractivity contribution is -0.118. The maximum absolute atomic E-state index is 12.2. The largest absolute Gasteiger partial charge is 0.494 e. The Balaban J connectivity index is 2.56. The van der Waals surface area contributed by atoms with E-state index in [0.29, 0.717) is 6.61 Å². The van der Waals surface area contributed by atoms with Crippen LogP contribution in [0.15, 0.2) is 24.3 Å². The molecular weight excluding hydrogens is 252 g/mol. The number of benzene rings is 1. The van der Waals surface area contributed by atoms with Gasteiger partial charge in [-0.05, 0) is 51.5 Å². The van der Waals surface area contributed by atoms with E-state index in [9.17, 15) is 4.79 Å². The van der Waals surface area contributed by atoms with Crippen molar-refractivity contribution < 1.29 is 9.53 Å². The van der Waals surface area contributed by atoms with Gasteiger partial charge in [0.1, 0.15) is 5.75 Å². The number of anilines is 1.